The zero-order chi connectivity index (χ0) is 13.9. The number of benzene rings is 1. The Balaban J connectivity index is 2.21. The van der Waals surface area contributed by atoms with Gasteiger partial charge in [0.25, 0.3) is 10.0 Å². The quantitative estimate of drug-likeness (QED) is 0.848. The van der Waals surface area contributed by atoms with Crippen LogP contribution in [-0.2, 0) is 10.0 Å². The van der Waals surface area contributed by atoms with Crippen molar-refractivity contribution in [3.8, 4) is 0 Å². The fourth-order valence-corrected chi connectivity index (χ4v) is 4.07. The van der Waals surface area contributed by atoms with E-state index in [1.165, 1.54) is 23.1 Å². The van der Waals surface area contributed by atoms with E-state index in [0.717, 1.165) is 9.24 Å². The molecule has 2 aromatic rings. The SMILES string of the molecule is CSc1ccc(S(=O)(=O)Nc2nnc(SC)s2)cc1. The van der Waals surface area contributed by atoms with Gasteiger partial charge in [0, 0.05) is 4.90 Å². The first-order chi connectivity index (χ1) is 9.05. The number of hydrogen-bond donors (Lipinski definition) is 1. The lowest BCUT2D eigenvalue weighted by Gasteiger charge is -2.05. The molecular weight excluding hydrogens is 322 g/mol. The molecule has 1 aromatic heterocycles. The zero-order valence-electron chi connectivity index (χ0n) is 10.2. The summed E-state index contributed by atoms with van der Waals surface area (Å²) in [6, 6.07) is 6.69. The number of sulfonamides is 1. The number of nitrogens with zero attached hydrogens (tertiary/aromatic N) is 2. The molecule has 0 aliphatic carbocycles. The largest absolute Gasteiger partial charge is 0.263 e. The summed E-state index contributed by atoms with van der Waals surface area (Å²) in [5.74, 6) is 0. The van der Waals surface area contributed by atoms with Gasteiger partial charge in [-0.15, -0.1) is 22.0 Å². The first kappa shape index (κ1) is 14.6. The van der Waals surface area contributed by atoms with Crippen LogP contribution in [0.25, 0.3) is 0 Å². The molecule has 0 bridgehead atoms. The molecule has 9 heteroatoms. The van der Waals surface area contributed by atoms with Gasteiger partial charge in [0.2, 0.25) is 5.13 Å². The van der Waals surface area contributed by atoms with Crippen molar-refractivity contribution in [3.63, 3.8) is 0 Å². The van der Waals surface area contributed by atoms with E-state index in [1.54, 1.807) is 36.0 Å². The summed E-state index contributed by atoms with van der Waals surface area (Å²) in [5, 5.41) is 7.90. The van der Waals surface area contributed by atoms with Crippen molar-refractivity contribution in [1.29, 1.82) is 0 Å². The summed E-state index contributed by atoms with van der Waals surface area (Å²) in [4.78, 5) is 1.23. The van der Waals surface area contributed by atoms with Crippen LogP contribution in [0.4, 0.5) is 5.13 Å². The first-order valence-corrected chi connectivity index (χ1v) is 9.84. The Labute approximate surface area is 124 Å². The molecule has 0 aliphatic rings. The van der Waals surface area contributed by atoms with Crippen molar-refractivity contribution < 1.29 is 8.42 Å². The van der Waals surface area contributed by atoms with Gasteiger partial charge in [0.05, 0.1) is 4.90 Å². The predicted octanol–water partition coefficient (Wildman–Crippen LogP) is 2.78. The summed E-state index contributed by atoms with van der Waals surface area (Å²) >= 11 is 4.19. The van der Waals surface area contributed by atoms with Crippen LogP contribution in [0.5, 0.6) is 0 Å². The maximum Gasteiger partial charge on any atom is 0.263 e. The lowest BCUT2D eigenvalue weighted by Crippen LogP contribution is -2.12. The molecule has 0 atom stereocenters. The average molecular weight is 333 g/mol. The fraction of sp³-hybridized carbons (Fsp3) is 0.200. The topological polar surface area (TPSA) is 72.0 Å². The zero-order valence-corrected chi connectivity index (χ0v) is 13.4. The fourth-order valence-electron chi connectivity index (χ4n) is 1.26. The van der Waals surface area contributed by atoms with Crippen molar-refractivity contribution in [2.45, 2.75) is 14.1 Å². The van der Waals surface area contributed by atoms with E-state index < -0.39 is 10.0 Å². The van der Waals surface area contributed by atoms with Crippen molar-refractivity contribution in [3.05, 3.63) is 24.3 Å². The molecule has 0 fully saturated rings. The Morgan fingerprint density at radius 1 is 1.11 bits per heavy atom. The van der Waals surface area contributed by atoms with Crippen molar-refractivity contribution >= 4 is 50.0 Å². The normalized spacial score (nSPS) is 11.5. The van der Waals surface area contributed by atoms with Gasteiger partial charge in [0.1, 0.15) is 0 Å². The van der Waals surface area contributed by atoms with E-state index in [0.29, 0.717) is 0 Å². The number of thioether (sulfide) groups is 2. The van der Waals surface area contributed by atoms with Crippen LogP contribution in [-0.4, -0.2) is 31.1 Å². The molecule has 0 unspecified atom stereocenters. The smallest absolute Gasteiger partial charge is 0.253 e. The third-order valence-corrected chi connectivity index (χ3v) is 6.21. The Hall–Kier alpha value is -0.770. The van der Waals surface area contributed by atoms with Crippen LogP contribution in [0.2, 0.25) is 0 Å². The third kappa shape index (κ3) is 3.62. The van der Waals surface area contributed by atoms with Crippen molar-refractivity contribution in [2.24, 2.45) is 0 Å². The summed E-state index contributed by atoms with van der Waals surface area (Å²) in [6.07, 6.45) is 3.80. The third-order valence-electron chi connectivity index (χ3n) is 2.17. The molecule has 0 saturated heterocycles. The molecule has 1 aromatic carbocycles. The molecule has 0 aliphatic heterocycles. The Bertz CT molecular complexity index is 652. The van der Waals surface area contributed by atoms with E-state index in [-0.39, 0.29) is 10.0 Å². The van der Waals surface area contributed by atoms with Crippen LogP contribution in [0.3, 0.4) is 0 Å². The molecule has 1 N–H and O–H groups in total. The Morgan fingerprint density at radius 2 is 1.79 bits per heavy atom. The highest BCUT2D eigenvalue weighted by molar-refractivity contribution is 8.00. The van der Waals surface area contributed by atoms with E-state index in [4.69, 9.17) is 0 Å². The van der Waals surface area contributed by atoms with Crippen LogP contribution >= 0.6 is 34.9 Å². The highest BCUT2D eigenvalue weighted by Crippen LogP contribution is 2.25. The Kier molecular flexibility index (Phi) is 4.71. The van der Waals surface area contributed by atoms with Crippen LogP contribution in [0, 0.1) is 0 Å². The second-order valence-corrected chi connectivity index (χ2v) is 7.95. The molecular formula is C10H11N3O2S4. The van der Waals surface area contributed by atoms with Gasteiger partial charge in [-0.25, -0.2) is 8.42 Å². The number of nitrogens with one attached hydrogen (secondary N) is 1. The van der Waals surface area contributed by atoms with Crippen LogP contribution in [0.15, 0.2) is 38.4 Å². The molecule has 0 saturated carbocycles. The summed E-state index contributed by atoms with van der Waals surface area (Å²) in [6.45, 7) is 0. The number of anilines is 1. The summed E-state index contributed by atoms with van der Waals surface area (Å²) < 4.78 is 27.4. The van der Waals surface area contributed by atoms with E-state index in [9.17, 15) is 8.42 Å². The first-order valence-electron chi connectivity index (χ1n) is 5.09. The number of hydrogen-bond acceptors (Lipinski definition) is 7. The minimum Gasteiger partial charge on any atom is -0.253 e. The van der Waals surface area contributed by atoms with Gasteiger partial charge in [-0.1, -0.05) is 23.1 Å². The lowest BCUT2D eigenvalue weighted by molar-refractivity contribution is 0.601. The van der Waals surface area contributed by atoms with Crippen molar-refractivity contribution in [2.75, 3.05) is 17.2 Å². The summed E-state index contributed by atoms with van der Waals surface area (Å²) in [5.41, 5.74) is 0. The molecule has 102 valence electrons. The average Bonchev–Trinajstić information content (AvgIpc) is 2.85. The minimum atomic E-state index is -3.59. The van der Waals surface area contributed by atoms with Crippen LogP contribution < -0.4 is 4.72 Å². The molecule has 0 radical (unpaired) electrons. The van der Waals surface area contributed by atoms with E-state index in [2.05, 4.69) is 14.9 Å². The maximum absolute atomic E-state index is 12.1. The predicted molar refractivity (Wildman–Crippen MR) is 80.7 cm³/mol. The molecule has 0 amide bonds. The standard InChI is InChI=1S/C10H11N3O2S4/c1-16-7-3-5-8(6-4-7)19(14,15)13-9-11-12-10(17-2)18-9/h3-6H,1-2H3,(H,11,13). The molecule has 19 heavy (non-hydrogen) atoms. The second-order valence-electron chi connectivity index (χ2n) is 3.36. The van der Waals surface area contributed by atoms with Gasteiger partial charge in [-0.3, -0.25) is 4.72 Å². The molecule has 5 nitrogen and oxygen atoms in total. The van der Waals surface area contributed by atoms with Gasteiger partial charge in [0.15, 0.2) is 4.34 Å². The number of rotatable bonds is 5. The highest BCUT2D eigenvalue weighted by Gasteiger charge is 2.16. The van der Waals surface area contributed by atoms with E-state index >= 15 is 0 Å². The highest BCUT2D eigenvalue weighted by atomic mass is 32.2. The van der Waals surface area contributed by atoms with Gasteiger partial charge in [-0.05, 0) is 36.8 Å². The van der Waals surface area contributed by atoms with Gasteiger partial charge in [-0.2, -0.15) is 0 Å². The summed E-state index contributed by atoms with van der Waals surface area (Å²) in [7, 11) is -3.59. The van der Waals surface area contributed by atoms with E-state index in [1.807, 2.05) is 12.5 Å². The monoisotopic (exact) mass is 333 g/mol. The Morgan fingerprint density at radius 3 is 2.32 bits per heavy atom. The van der Waals surface area contributed by atoms with Gasteiger partial charge < -0.3 is 0 Å². The molecule has 2 rings (SSSR count). The minimum absolute atomic E-state index is 0.214. The van der Waals surface area contributed by atoms with Gasteiger partial charge >= 0.3 is 0 Å². The van der Waals surface area contributed by atoms with Crippen LogP contribution in [0.1, 0.15) is 0 Å². The van der Waals surface area contributed by atoms with Crippen molar-refractivity contribution in [1.82, 2.24) is 10.2 Å². The molecule has 1 heterocycles. The second kappa shape index (κ2) is 6.12. The number of aromatic nitrogens is 2. The maximum atomic E-state index is 12.1. The molecule has 0 spiro atoms. The lowest BCUT2D eigenvalue weighted by atomic mass is 10.4.